The zero-order chi connectivity index (χ0) is 37.6. The SMILES string of the molecule is COc1ccc(C(=O)O[C@@H]2C(O)C(O)(COC(C)=O)[C@H]3C(O[C@@H]4O[C@H](COC(C)=O)[C@@H](OC(C)=O)[C@H](OC(C)=O)[C@H]4OC(C)=O)OCC[C@@H]23)cc1. The highest BCUT2D eigenvalue weighted by atomic mass is 16.8. The predicted molar refractivity (Wildman–Crippen MR) is 164 cm³/mol. The summed E-state index contributed by atoms with van der Waals surface area (Å²) in [6, 6.07) is 5.97. The van der Waals surface area contributed by atoms with Crippen molar-refractivity contribution in [3.05, 3.63) is 29.8 Å². The molecule has 2 aliphatic heterocycles. The quantitative estimate of drug-likeness (QED) is 0.212. The van der Waals surface area contributed by atoms with Crippen molar-refractivity contribution in [3.63, 3.8) is 0 Å². The summed E-state index contributed by atoms with van der Waals surface area (Å²) in [4.78, 5) is 73.5. The molecule has 0 radical (unpaired) electrons. The Kier molecular flexibility index (Phi) is 13.0. The third kappa shape index (κ3) is 9.31. The van der Waals surface area contributed by atoms with Crippen molar-refractivity contribution in [2.24, 2.45) is 11.8 Å². The second-order valence-corrected chi connectivity index (χ2v) is 12.2. The zero-order valence-electron chi connectivity index (χ0n) is 28.8. The van der Waals surface area contributed by atoms with Crippen LogP contribution in [-0.4, -0.2) is 128 Å². The number of aliphatic hydroxyl groups excluding tert-OH is 1. The lowest BCUT2D eigenvalue weighted by Crippen LogP contribution is -2.64. The highest BCUT2D eigenvalue weighted by Crippen LogP contribution is 2.50. The Morgan fingerprint density at radius 2 is 1.35 bits per heavy atom. The second kappa shape index (κ2) is 16.8. The van der Waals surface area contributed by atoms with Crippen LogP contribution >= 0.6 is 0 Å². The number of carbonyl (C=O) groups excluding carboxylic acids is 6. The first-order valence-electron chi connectivity index (χ1n) is 16.0. The molecule has 0 aromatic heterocycles. The van der Waals surface area contributed by atoms with Gasteiger partial charge in [-0.1, -0.05) is 0 Å². The van der Waals surface area contributed by atoms with Gasteiger partial charge in [-0.15, -0.1) is 0 Å². The van der Waals surface area contributed by atoms with Crippen LogP contribution in [0.25, 0.3) is 0 Å². The lowest BCUT2D eigenvalue weighted by molar-refractivity contribution is -0.361. The van der Waals surface area contributed by atoms with E-state index in [4.69, 9.17) is 47.4 Å². The van der Waals surface area contributed by atoms with E-state index in [0.717, 1.165) is 34.6 Å². The minimum atomic E-state index is -2.34. The Balaban J connectivity index is 1.71. The number of hydrogen-bond acceptors (Lipinski definition) is 18. The average molecular weight is 727 g/mol. The van der Waals surface area contributed by atoms with E-state index in [1.54, 1.807) is 0 Å². The fraction of sp³-hybridized carbons (Fsp3) is 0.636. The van der Waals surface area contributed by atoms with Gasteiger partial charge in [-0.3, -0.25) is 24.0 Å². The maximum Gasteiger partial charge on any atom is 0.338 e. The van der Waals surface area contributed by atoms with Gasteiger partial charge in [0.1, 0.15) is 42.9 Å². The number of carbonyl (C=O) groups is 6. The normalized spacial score (nSPS) is 32.8. The van der Waals surface area contributed by atoms with E-state index in [0.29, 0.717) is 5.75 Å². The Morgan fingerprint density at radius 1 is 0.765 bits per heavy atom. The summed E-state index contributed by atoms with van der Waals surface area (Å²) < 4.78 is 55.6. The molecular weight excluding hydrogens is 684 g/mol. The van der Waals surface area contributed by atoms with Gasteiger partial charge in [0.15, 0.2) is 24.6 Å². The van der Waals surface area contributed by atoms with Gasteiger partial charge < -0.3 is 57.6 Å². The molecule has 1 aromatic carbocycles. The maximum absolute atomic E-state index is 13.2. The van der Waals surface area contributed by atoms with E-state index in [-0.39, 0.29) is 18.6 Å². The smallest absolute Gasteiger partial charge is 0.338 e. The fourth-order valence-corrected chi connectivity index (χ4v) is 6.52. The number of rotatable bonds is 12. The van der Waals surface area contributed by atoms with E-state index >= 15 is 0 Å². The van der Waals surface area contributed by atoms with Crippen LogP contribution in [0.15, 0.2) is 24.3 Å². The molecule has 3 fully saturated rings. The van der Waals surface area contributed by atoms with Crippen LogP contribution in [0.3, 0.4) is 0 Å². The molecule has 2 heterocycles. The summed E-state index contributed by atoms with van der Waals surface area (Å²) in [5.74, 6) is -6.62. The van der Waals surface area contributed by atoms with E-state index in [9.17, 15) is 39.0 Å². The summed E-state index contributed by atoms with van der Waals surface area (Å²) in [6.45, 7) is 4.01. The van der Waals surface area contributed by atoms with Crippen molar-refractivity contribution < 1.29 is 86.3 Å². The molecule has 3 unspecified atom stereocenters. The minimum absolute atomic E-state index is 0.0654. The molecule has 2 N–H and O–H groups in total. The molecule has 0 bridgehead atoms. The summed E-state index contributed by atoms with van der Waals surface area (Å²) >= 11 is 0. The maximum atomic E-state index is 13.2. The zero-order valence-corrected chi connectivity index (χ0v) is 28.8. The number of ether oxygens (including phenoxy) is 10. The summed E-state index contributed by atoms with van der Waals surface area (Å²) in [5.41, 5.74) is -2.22. The van der Waals surface area contributed by atoms with Crippen molar-refractivity contribution in [2.75, 3.05) is 26.9 Å². The van der Waals surface area contributed by atoms with E-state index in [1.165, 1.54) is 31.4 Å². The molecule has 0 amide bonds. The highest BCUT2D eigenvalue weighted by Gasteiger charge is 2.66. The van der Waals surface area contributed by atoms with Gasteiger partial charge in [0.25, 0.3) is 0 Å². The monoisotopic (exact) mass is 726 g/mol. The first-order chi connectivity index (χ1) is 24.0. The van der Waals surface area contributed by atoms with Crippen LogP contribution < -0.4 is 4.74 Å². The van der Waals surface area contributed by atoms with Gasteiger partial charge in [-0.25, -0.2) is 4.79 Å². The molecule has 18 heteroatoms. The Bertz CT molecular complexity index is 1450. The van der Waals surface area contributed by atoms with Crippen molar-refractivity contribution in [2.45, 2.75) is 95.8 Å². The van der Waals surface area contributed by atoms with Gasteiger partial charge in [-0.2, -0.15) is 0 Å². The lowest BCUT2D eigenvalue weighted by atomic mass is 9.82. The van der Waals surface area contributed by atoms with E-state index in [1.807, 2.05) is 0 Å². The summed E-state index contributed by atoms with van der Waals surface area (Å²) in [6.07, 6.45) is -12.4. The van der Waals surface area contributed by atoms with Crippen LogP contribution in [-0.2, 0) is 66.6 Å². The number of hydrogen-bond donors (Lipinski definition) is 2. The van der Waals surface area contributed by atoms with E-state index in [2.05, 4.69) is 0 Å². The van der Waals surface area contributed by atoms with Crippen molar-refractivity contribution in [3.8, 4) is 5.75 Å². The first-order valence-corrected chi connectivity index (χ1v) is 16.0. The largest absolute Gasteiger partial charge is 0.497 e. The van der Waals surface area contributed by atoms with Crippen molar-refractivity contribution >= 4 is 35.8 Å². The molecule has 1 aromatic rings. The van der Waals surface area contributed by atoms with Gasteiger partial charge in [0, 0.05) is 40.5 Å². The first kappa shape index (κ1) is 39.4. The molecule has 18 nitrogen and oxygen atoms in total. The molecule has 51 heavy (non-hydrogen) atoms. The number of methoxy groups -OCH3 is 1. The van der Waals surface area contributed by atoms with Crippen molar-refractivity contribution in [1.82, 2.24) is 0 Å². The fourth-order valence-electron chi connectivity index (χ4n) is 6.52. The molecule has 2 saturated heterocycles. The average Bonchev–Trinajstić information content (AvgIpc) is 3.27. The second-order valence-electron chi connectivity index (χ2n) is 12.2. The van der Waals surface area contributed by atoms with Crippen LogP contribution in [0, 0.1) is 11.8 Å². The molecule has 1 saturated carbocycles. The van der Waals surface area contributed by atoms with Gasteiger partial charge in [-0.05, 0) is 30.7 Å². The third-order valence-corrected chi connectivity index (χ3v) is 8.60. The van der Waals surface area contributed by atoms with Crippen LogP contribution in [0.4, 0.5) is 0 Å². The number of esters is 6. The van der Waals surface area contributed by atoms with Gasteiger partial charge in [0.2, 0.25) is 6.29 Å². The Hall–Kier alpha value is -4.36. The van der Waals surface area contributed by atoms with Crippen LogP contribution in [0.1, 0.15) is 51.4 Å². The standard InChI is InChI=1S/C33H42O18/c1-15(34)44-13-23-26(46-17(3)36)27(47-18(4)37)28(48-19(5)38)32(49-23)51-31-24-22(11-12-43-31)25(29(39)33(24,41)14-45-16(2)35)50-30(40)20-7-9-21(42-6)10-8-20/h7-10,22-29,31-32,39,41H,11-14H2,1-6H3/t22-,23-,24-,25+,26-,27+,28-,29?,31?,32+,33?/m1/s1. The summed E-state index contributed by atoms with van der Waals surface area (Å²) in [7, 11) is 1.46. The van der Waals surface area contributed by atoms with Crippen molar-refractivity contribution in [1.29, 1.82) is 0 Å². The minimum Gasteiger partial charge on any atom is -0.497 e. The molecule has 11 atom stereocenters. The van der Waals surface area contributed by atoms with Crippen LogP contribution in [0.2, 0.25) is 0 Å². The molecule has 282 valence electrons. The van der Waals surface area contributed by atoms with Gasteiger partial charge in [0.05, 0.1) is 25.2 Å². The topological polar surface area (TPSA) is 235 Å². The number of fused-ring (bicyclic) bond motifs is 1. The highest BCUT2D eigenvalue weighted by molar-refractivity contribution is 5.89. The Labute approximate surface area is 292 Å². The molecule has 0 spiro atoms. The third-order valence-electron chi connectivity index (χ3n) is 8.60. The van der Waals surface area contributed by atoms with Crippen LogP contribution in [0.5, 0.6) is 5.75 Å². The summed E-state index contributed by atoms with van der Waals surface area (Å²) in [5, 5.41) is 23.6. The molecular formula is C33H42O18. The molecule has 1 aliphatic carbocycles. The van der Waals surface area contributed by atoms with E-state index < -0.39 is 116 Å². The molecule has 4 rings (SSSR count). The lowest BCUT2D eigenvalue weighted by Gasteiger charge is -2.47. The van der Waals surface area contributed by atoms with Gasteiger partial charge >= 0.3 is 35.8 Å². The number of aliphatic hydroxyl groups is 2. The Morgan fingerprint density at radius 3 is 1.92 bits per heavy atom. The molecule has 3 aliphatic rings. The predicted octanol–water partition coefficient (Wildman–Crippen LogP) is -0.0322. The number of benzene rings is 1.